The molecule has 3 atom stereocenters. The second kappa shape index (κ2) is 6.72. The molecular formula is C14H30N2O. The fraction of sp³-hybridized carbons (Fsp3) is 1.00. The summed E-state index contributed by atoms with van der Waals surface area (Å²) < 4.78 is 0. The summed E-state index contributed by atoms with van der Waals surface area (Å²) in [7, 11) is 0. The van der Waals surface area contributed by atoms with Gasteiger partial charge in [0.25, 0.3) is 0 Å². The monoisotopic (exact) mass is 242 g/mol. The molecule has 1 rings (SSSR count). The van der Waals surface area contributed by atoms with Crippen molar-refractivity contribution in [3.63, 3.8) is 0 Å². The van der Waals surface area contributed by atoms with Gasteiger partial charge in [0, 0.05) is 18.6 Å². The zero-order valence-corrected chi connectivity index (χ0v) is 11.8. The van der Waals surface area contributed by atoms with Gasteiger partial charge in [0.15, 0.2) is 0 Å². The number of nitrogens with two attached hydrogens (primary N) is 1. The highest BCUT2D eigenvalue weighted by atomic mass is 16.3. The summed E-state index contributed by atoms with van der Waals surface area (Å²) in [5, 5.41) is 9.67. The van der Waals surface area contributed by atoms with Gasteiger partial charge in [-0.05, 0) is 38.6 Å². The maximum atomic E-state index is 9.67. The van der Waals surface area contributed by atoms with Gasteiger partial charge in [-0.15, -0.1) is 0 Å². The zero-order valence-electron chi connectivity index (χ0n) is 11.8. The third-order valence-corrected chi connectivity index (χ3v) is 4.10. The highest BCUT2D eigenvalue weighted by molar-refractivity contribution is 4.96. The van der Waals surface area contributed by atoms with Gasteiger partial charge in [-0.25, -0.2) is 0 Å². The third kappa shape index (κ3) is 3.94. The number of hydrogen-bond donors (Lipinski definition) is 2. The summed E-state index contributed by atoms with van der Waals surface area (Å²) in [6.45, 7) is 8.94. The maximum absolute atomic E-state index is 9.67. The van der Waals surface area contributed by atoms with Gasteiger partial charge in [-0.2, -0.15) is 0 Å². The Hall–Kier alpha value is -0.120. The second-order valence-electron chi connectivity index (χ2n) is 5.93. The molecule has 0 bridgehead atoms. The van der Waals surface area contributed by atoms with Crippen LogP contribution >= 0.6 is 0 Å². The quantitative estimate of drug-likeness (QED) is 0.749. The van der Waals surface area contributed by atoms with Gasteiger partial charge >= 0.3 is 0 Å². The highest BCUT2D eigenvalue weighted by Crippen LogP contribution is 2.36. The predicted molar refractivity (Wildman–Crippen MR) is 73.0 cm³/mol. The van der Waals surface area contributed by atoms with Gasteiger partial charge < -0.3 is 10.8 Å². The van der Waals surface area contributed by atoms with Crippen molar-refractivity contribution in [2.75, 3.05) is 19.6 Å². The van der Waals surface area contributed by atoms with Crippen molar-refractivity contribution in [2.24, 2.45) is 11.7 Å². The average molecular weight is 242 g/mol. The van der Waals surface area contributed by atoms with Gasteiger partial charge in [0.05, 0.1) is 6.10 Å². The minimum Gasteiger partial charge on any atom is -0.392 e. The van der Waals surface area contributed by atoms with E-state index in [1.165, 1.54) is 25.7 Å². The van der Waals surface area contributed by atoms with Crippen LogP contribution in [0.15, 0.2) is 0 Å². The smallest absolute Gasteiger partial charge is 0.0639 e. The van der Waals surface area contributed by atoms with E-state index in [0.717, 1.165) is 32.0 Å². The standard InChI is InChI=1S/C14H30N2O/c1-4-8-16(10-13(3)17)14(11-15)7-5-6-12(2)9-14/h12-13,17H,4-11,15H2,1-3H3. The van der Waals surface area contributed by atoms with Gasteiger partial charge in [0.1, 0.15) is 0 Å². The molecule has 3 unspecified atom stereocenters. The van der Waals surface area contributed by atoms with E-state index >= 15 is 0 Å². The van der Waals surface area contributed by atoms with Crippen LogP contribution < -0.4 is 5.73 Å². The van der Waals surface area contributed by atoms with Crippen LogP contribution in [-0.2, 0) is 0 Å². The van der Waals surface area contributed by atoms with Crippen molar-refractivity contribution in [2.45, 2.75) is 64.5 Å². The normalized spacial score (nSPS) is 31.8. The molecular weight excluding hydrogens is 212 g/mol. The Morgan fingerprint density at radius 2 is 2.24 bits per heavy atom. The summed E-state index contributed by atoms with van der Waals surface area (Å²) in [6, 6.07) is 0. The number of β-amino-alcohol motifs (C(OH)–C–C–N with tert-alkyl or cyclic N) is 1. The van der Waals surface area contributed by atoms with E-state index in [-0.39, 0.29) is 11.6 Å². The molecule has 102 valence electrons. The molecule has 17 heavy (non-hydrogen) atoms. The van der Waals surface area contributed by atoms with Gasteiger partial charge in [-0.3, -0.25) is 4.90 Å². The van der Waals surface area contributed by atoms with Crippen LogP contribution in [0.1, 0.15) is 52.9 Å². The molecule has 0 aromatic rings. The maximum Gasteiger partial charge on any atom is 0.0639 e. The highest BCUT2D eigenvalue weighted by Gasteiger charge is 2.38. The van der Waals surface area contributed by atoms with Crippen molar-refractivity contribution < 1.29 is 5.11 Å². The summed E-state index contributed by atoms with van der Waals surface area (Å²) in [5.41, 5.74) is 6.23. The molecule has 0 spiro atoms. The first-order valence-electron chi connectivity index (χ1n) is 7.17. The average Bonchev–Trinajstić information content (AvgIpc) is 2.28. The molecule has 3 N–H and O–H groups in total. The van der Waals surface area contributed by atoms with Crippen LogP contribution in [0.25, 0.3) is 0 Å². The number of aliphatic hydroxyl groups excluding tert-OH is 1. The van der Waals surface area contributed by atoms with E-state index < -0.39 is 0 Å². The minimum absolute atomic E-state index is 0.144. The first-order valence-corrected chi connectivity index (χ1v) is 7.17. The molecule has 1 fully saturated rings. The Morgan fingerprint density at radius 1 is 1.53 bits per heavy atom. The van der Waals surface area contributed by atoms with Crippen LogP contribution in [-0.4, -0.2) is 41.3 Å². The lowest BCUT2D eigenvalue weighted by Crippen LogP contribution is -2.58. The van der Waals surface area contributed by atoms with Crippen LogP contribution in [0.4, 0.5) is 0 Å². The van der Waals surface area contributed by atoms with E-state index in [4.69, 9.17) is 5.73 Å². The number of hydrogen-bond acceptors (Lipinski definition) is 3. The van der Waals surface area contributed by atoms with Crippen molar-refractivity contribution >= 4 is 0 Å². The van der Waals surface area contributed by atoms with E-state index in [2.05, 4.69) is 18.7 Å². The zero-order chi connectivity index (χ0) is 12.9. The largest absolute Gasteiger partial charge is 0.392 e. The summed E-state index contributed by atoms with van der Waals surface area (Å²) in [5.74, 6) is 0.764. The van der Waals surface area contributed by atoms with E-state index in [9.17, 15) is 5.11 Å². The SMILES string of the molecule is CCCN(CC(C)O)C1(CN)CCCC(C)C1. The molecule has 1 aliphatic rings. The number of aliphatic hydroxyl groups is 1. The molecule has 0 saturated heterocycles. The Morgan fingerprint density at radius 3 is 2.71 bits per heavy atom. The lowest BCUT2D eigenvalue weighted by atomic mass is 9.75. The summed E-state index contributed by atoms with van der Waals surface area (Å²) >= 11 is 0. The topological polar surface area (TPSA) is 49.5 Å². The molecule has 0 aromatic heterocycles. The molecule has 1 aliphatic carbocycles. The molecule has 1 saturated carbocycles. The van der Waals surface area contributed by atoms with Crippen LogP contribution in [0.5, 0.6) is 0 Å². The van der Waals surface area contributed by atoms with Crippen molar-refractivity contribution in [3.8, 4) is 0 Å². The first-order chi connectivity index (χ1) is 8.04. The molecule has 3 nitrogen and oxygen atoms in total. The van der Waals surface area contributed by atoms with E-state index in [1.54, 1.807) is 0 Å². The summed E-state index contributed by atoms with van der Waals surface area (Å²) in [4.78, 5) is 2.45. The Bertz CT molecular complexity index is 220. The first kappa shape index (κ1) is 14.9. The summed E-state index contributed by atoms with van der Waals surface area (Å²) in [6.07, 6.45) is 5.86. The molecule has 0 aromatic carbocycles. The Balaban J connectivity index is 2.77. The number of rotatable bonds is 6. The lowest BCUT2D eigenvalue weighted by Gasteiger charge is -2.48. The van der Waals surface area contributed by atoms with Crippen LogP contribution in [0, 0.1) is 5.92 Å². The lowest BCUT2D eigenvalue weighted by molar-refractivity contribution is 0.00737. The molecule has 0 heterocycles. The van der Waals surface area contributed by atoms with Gasteiger partial charge in [0.2, 0.25) is 0 Å². The van der Waals surface area contributed by atoms with Crippen molar-refractivity contribution in [3.05, 3.63) is 0 Å². The number of nitrogens with zero attached hydrogens (tertiary/aromatic N) is 1. The molecule has 0 amide bonds. The third-order valence-electron chi connectivity index (χ3n) is 4.10. The fourth-order valence-electron chi connectivity index (χ4n) is 3.35. The molecule has 0 aliphatic heterocycles. The van der Waals surface area contributed by atoms with Crippen LogP contribution in [0.2, 0.25) is 0 Å². The molecule has 3 heteroatoms. The predicted octanol–water partition coefficient (Wildman–Crippen LogP) is 1.99. The minimum atomic E-state index is -0.262. The van der Waals surface area contributed by atoms with Gasteiger partial charge in [-0.1, -0.05) is 26.7 Å². The second-order valence-corrected chi connectivity index (χ2v) is 5.93. The van der Waals surface area contributed by atoms with E-state index in [1.807, 2.05) is 6.92 Å². The Kier molecular flexibility index (Phi) is 5.90. The van der Waals surface area contributed by atoms with E-state index in [0.29, 0.717) is 0 Å². The van der Waals surface area contributed by atoms with Crippen LogP contribution in [0.3, 0.4) is 0 Å². The Labute approximate surface area is 106 Å². The van der Waals surface area contributed by atoms with Crippen molar-refractivity contribution in [1.29, 1.82) is 0 Å². The fourth-order valence-corrected chi connectivity index (χ4v) is 3.35. The molecule has 0 radical (unpaired) electrons. The van der Waals surface area contributed by atoms with Crippen molar-refractivity contribution in [1.82, 2.24) is 4.90 Å².